The normalized spacial score (nSPS) is 29.4. The van der Waals surface area contributed by atoms with Gasteiger partial charge in [0.05, 0.1) is 0 Å². The van der Waals surface area contributed by atoms with Crippen LogP contribution in [-0.2, 0) is 0 Å². The standard InChI is InChI=1S/C14H28N4/c1-15-5-3-7-18-12-10-16(2)6-4-8-17(11-9-15)13-14-18/h3,7H,4-6,8-14H2,1-2H3. The summed E-state index contributed by atoms with van der Waals surface area (Å²) in [5, 5.41) is 0. The highest BCUT2D eigenvalue weighted by Crippen LogP contribution is 2.03. The first-order valence-electron chi connectivity index (χ1n) is 7.24. The van der Waals surface area contributed by atoms with Gasteiger partial charge in [0.1, 0.15) is 0 Å². The molecule has 0 saturated carbocycles. The van der Waals surface area contributed by atoms with Crippen LogP contribution in [-0.4, -0.2) is 92.6 Å². The van der Waals surface area contributed by atoms with Gasteiger partial charge in [-0.05, 0) is 39.8 Å². The molecule has 1 unspecified atom stereocenters. The molecule has 0 aliphatic carbocycles. The minimum atomic E-state index is 1.07. The zero-order valence-electron chi connectivity index (χ0n) is 12.0. The van der Waals surface area contributed by atoms with E-state index in [4.69, 9.17) is 0 Å². The van der Waals surface area contributed by atoms with E-state index >= 15 is 0 Å². The maximum absolute atomic E-state index is 2.63. The predicted octanol–water partition coefficient (Wildman–Crippen LogP) is 0.385. The van der Waals surface area contributed by atoms with Gasteiger partial charge in [0.2, 0.25) is 0 Å². The summed E-state index contributed by atoms with van der Waals surface area (Å²) in [6.07, 6.45) is 5.91. The van der Waals surface area contributed by atoms with Crippen LogP contribution in [0.5, 0.6) is 0 Å². The lowest BCUT2D eigenvalue weighted by atomic mass is 10.3. The molecule has 0 spiro atoms. The molecule has 2 bridgehead atoms. The molecule has 0 aromatic carbocycles. The summed E-state index contributed by atoms with van der Waals surface area (Å²) in [7, 11) is 4.46. The number of nitrogens with zero attached hydrogens (tertiary/aromatic N) is 4. The van der Waals surface area contributed by atoms with Crippen molar-refractivity contribution in [2.45, 2.75) is 6.42 Å². The summed E-state index contributed by atoms with van der Waals surface area (Å²) < 4.78 is 0. The second-order valence-electron chi connectivity index (χ2n) is 5.68. The van der Waals surface area contributed by atoms with Gasteiger partial charge in [-0.15, -0.1) is 0 Å². The lowest BCUT2D eigenvalue weighted by molar-refractivity contribution is 0.172. The van der Waals surface area contributed by atoms with Crippen LogP contribution in [0, 0.1) is 0 Å². The largest absolute Gasteiger partial charge is 0.375 e. The van der Waals surface area contributed by atoms with E-state index in [2.05, 4.69) is 46.0 Å². The number of likely N-dealkylation sites (N-methyl/N-ethyl adjacent to an activating group) is 2. The molecule has 1 fully saturated rings. The highest BCUT2D eigenvalue weighted by molar-refractivity contribution is 4.87. The minimum absolute atomic E-state index is 1.07. The Morgan fingerprint density at radius 2 is 1.44 bits per heavy atom. The van der Waals surface area contributed by atoms with Crippen molar-refractivity contribution in [2.75, 3.05) is 73.0 Å². The Morgan fingerprint density at radius 1 is 0.722 bits per heavy atom. The number of rotatable bonds is 0. The first-order chi connectivity index (χ1) is 8.74. The zero-order valence-corrected chi connectivity index (χ0v) is 12.0. The van der Waals surface area contributed by atoms with E-state index in [1.54, 1.807) is 0 Å². The van der Waals surface area contributed by atoms with Gasteiger partial charge in [0.25, 0.3) is 0 Å². The quantitative estimate of drug-likeness (QED) is 0.618. The van der Waals surface area contributed by atoms with E-state index in [9.17, 15) is 0 Å². The van der Waals surface area contributed by atoms with Gasteiger partial charge in [-0.1, -0.05) is 6.08 Å². The van der Waals surface area contributed by atoms with Gasteiger partial charge in [0, 0.05) is 45.8 Å². The summed E-state index contributed by atoms with van der Waals surface area (Å²) in [5.41, 5.74) is 0. The van der Waals surface area contributed by atoms with Crippen molar-refractivity contribution in [3.05, 3.63) is 12.3 Å². The van der Waals surface area contributed by atoms with Crippen LogP contribution in [0.15, 0.2) is 12.3 Å². The molecule has 2 aliphatic rings. The van der Waals surface area contributed by atoms with Gasteiger partial charge >= 0.3 is 0 Å². The predicted molar refractivity (Wildman–Crippen MR) is 76.8 cm³/mol. The molecule has 1 saturated heterocycles. The van der Waals surface area contributed by atoms with Crippen LogP contribution in [0.3, 0.4) is 0 Å². The zero-order chi connectivity index (χ0) is 12.8. The first-order valence-corrected chi connectivity index (χ1v) is 7.24. The molecule has 0 aromatic heterocycles. The Morgan fingerprint density at radius 3 is 2.33 bits per heavy atom. The Hall–Kier alpha value is -0.580. The third-order valence-electron chi connectivity index (χ3n) is 4.02. The Balaban J connectivity index is 2.02. The van der Waals surface area contributed by atoms with Crippen LogP contribution < -0.4 is 0 Å². The third-order valence-corrected chi connectivity index (χ3v) is 4.02. The Bertz CT molecular complexity index is 267. The molecular weight excluding hydrogens is 224 g/mol. The summed E-state index contributed by atoms with van der Waals surface area (Å²) in [6.45, 7) is 10.7. The molecule has 0 amide bonds. The van der Waals surface area contributed by atoms with E-state index in [1.165, 1.54) is 52.2 Å². The molecule has 18 heavy (non-hydrogen) atoms. The minimum Gasteiger partial charge on any atom is -0.375 e. The van der Waals surface area contributed by atoms with Crippen molar-refractivity contribution in [2.24, 2.45) is 0 Å². The molecular formula is C14H28N4. The number of hydrogen-bond donors (Lipinski definition) is 0. The fourth-order valence-electron chi connectivity index (χ4n) is 2.62. The molecule has 1 atom stereocenters. The number of hydrogen-bond acceptors (Lipinski definition) is 4. The van der Waals surface area contributed by atoms with Gasteiger partial charge in [-0.3, -0.25) is 0 Å². The topological polar surface area (TPSA) is 13.0 Å². The van der Waals surface area contributed by atoms with E-state index in [0.29, 0.717) is 0 Å². The summed E-state index contributed by atoms with van der Waals surface area (Å²) in [4.78, 5) is 9.98. The van der Waals surface area contributed by atoms with Crippen LogP contribution in [0.4, 0.5) is 0 Å². The van der Waals surface area contributed by atoms with Crippen LogP contribution in [0.25, 0.3) is 0 Å². The Labute approximate surface area is 112 Å². The third kappa shape index (κ3) is 4.59. The maximum atomic E-state index is 2.63. The molecule has 4 nitrogen and oxygen atoms in total. The molecule has 104 valence electrons. The second-order valence-corrected chi connectivity index (χ2v) is 5.68. The Kier molecular flexibility index (Phi) is 5.47. The van der Waals surface area contributed by atoms with Crippen LogP contribution >= 0.6 is 0 Å². The SMILES string of the molecule is CN1CC=CN2CCN(C)CCCN(CC1)CC2. The number of fused-ring (bicyclic) bond motifs is 3. The lowest BCUT2D eigenvalue weighted by Crippen LogP contribution is -2.43. The fourth-order valence-corrected chi connectivity index (χ4v) is 2.62. The fraction of sp³-hybridized carbons (Fsp3) is 0.857. The molecule has 2 rings (SSSR count). The van der Waals surface area contributed by atoms with E-state index in [0.717, 1.165) is 13.1 Å². The lowest BCUT2D eigenvalue weighted by Gasteiger charge is -2.33. The monoisotopic (exact) mass is 252 g/mol. The molecule has 0 radical (unpaired) electrons. The summed E-state index contributed by atoms with van der Waals surface area (Å²) in [5.74, 6) is 0. The van der Waals surface area contributed by atoms with Crippen molar-refractivity contribution in [3.63, 3.8) is 0 Å². The van der Waals surface area contributed by atoms with Crippen molar-refractivity contribution in [3.8, 4) is 0 Å². The van der Waals surface area contributed by atoms with Crippen LogP contribution in [0.1, 0.15) is 6.42 Å². The van der Waals surface area contributed by atoms with Crippen molar-refractivity contribution >= 4 is 0 Å². The van der Waals surface area contributed by atoms with Crippen molar-refractivity contribution in [1.29, 1.82) is 0 Å². The first kappa shape index (κ1) is 13.8. The molecule has 0 aromatic rings. The highest BCUT2D eigenvalue weighted by atomic mass is 15.2. The van der Waals surface area contributed by atoms with E-state index < -0.39 is 0 Å². The average molecular weight is 252 g/mol. The second kappa shape index (κ2) is 7.12. The van der Waals surface area contributed by atoms with E-state index in [1.807, 2.05) is 0 Å². The van der Waals surface area contributed by atoms with Gasteiger partial charge in [-0.25, -0.2) is 0 Å². The maximum Gasteiger partial charge on any atom is 0.0300 e. The molecule has 0 N–H and O–H groups in total. The van der Waals surface area contributed by atoms with E-state index in [-0.39, 0.29) is 0 Å². The van der Waals surface area contributed by atoms with Crippen molar-refractivity contribution in [1.82, 2.24) is 19.6 Å². The highest BCUT2D eigenvalue weighted by Gasteiger charge is 2.12. The smallest absolute Gasteiger partial charge is 0.0300 e. The molecule has 2 heterocycles. The molecule has 4 heteroatoms. The van der Waals surface area contributed by atoms with Gasteiger partial charge in [0.15, 0.2) is 0 Å². The summed E-state index contributed by atoms with van der Waals surface area (Å²) >= 11 is 0. The van der Waals surface area contributed by atoms with Gasteiger partial charge < -0.3 is 19.6 Å². The van der Waals surface area contributed by atoms with Crippen LogP contribution in [0.2, 0.25) is 0 Å². The summed E-state index contributed by atoms with van der Waals surface area (Å²) in [6, 6.07) is 0. The van der Waals surface area contributed by atoms with Crippen molar-refractivity contribution < 1.29 is 0 Å². The van der Waals surface area contributed by atoms with Gasteiger partial charge in [-0.2, -0.15) is 0 Å². The molecule has 2 aliphatic heterocycles. The average Bonchev–Trinajstić information content (AvgIpc) is 2.37.